The van der Waals surface area contributed by atoms with Crippen molar-refractivity contribution in [3.63, 3.8) is 0 Å². The summed E-state index contributed by atoms with van der Waals surface area (Å²) < 4.78 is 5.93. The average Bonchev–Trinajstić information content (AvgIpc) is 2.83. The summed E-state index contributed by atoms with van der Waals surface area (Å²) in [5, 5.41) is 6.28. The molecule has 0 aliphatic rings. The zero-order valence-electron chi connectivity index (χ0n) is 8.89. The van der Waals surface area contributed by atoms with Crippen molar-refractivity contribution in [1.29, 1.82) is 0 Å². The minimum absolute atomic E-state index is 0.0964. The largest absolute Gasteiger partial charge is 0.352 e. The van der Waals surface area contributed by atoms with Crippen LogP contribution in [0, 0.1) is 3.57 Å². The van der Waals surface area contributed by atoms with Gasteiger partial charge < -0.3 is 9.84 Å². The van der Waals surface area contributed by atoms with E-state index in [2.05, 4.69) is 38.0 Å². The summed E-state index contributed by atoms with van der Waals surface area (Å²) in [5.74, 6) is 0.425. The molecule has 1 aromatic heterocycles. The zero-order chi connectivity index (χ0) is 12.1. The number of hydrogen-bond donors (Lipinski definition) is 1. The van der Waals surface area contributed by atoms with E-state index in [1.54, 1.807) is 12.1 Å². The molecule has 1 aromatic carbocycles. The molecule has 0 unspecified atom stereocenters. The molecule has 6 heteroatoms. The highest BCUT2D eigenvalue weighted by Gasteiger charge is 2.05. The number of carbonyl (C=O) groups excluding carboxylic acids is 1. The minimum Gasteiger partial charge on any atom is -0.352 e. The normalized spacial score (nSPS) is 10.2. The lowest BCUT2D eigenvalue weighted by molar-refractivity contribution is 0.0953. The van der Waals surface area contributed by atoms with Gasteiger partial charge in [0.25, 0.3) is 5.91 Å². The number of hydrogen-bond acceptors (Lipinski definition) is 4. The maximum Gasteiger partial charge on any atom is 0.251 e. The van der Waals surface area contributed by atoms with Gasteiger partial charge in [0, 0.05) is 22.1 Å². The maximum absolute atomic E-state index is 11.7. The second-order valence-corrected chi connectivity index (χ2v) is 4.59. The number of rotatable bonds is 4. The molecule has 5 nitrogen and oxygen atoms in total. The fraction of sp³-hybridized carbons (Fsp3) is 0.182. The Labute approximate surface area is 112 Å². The summed E-state index contributed by atoms with van der Waals surface area (Å²) in [6, 6.07) is 7.38. The summed E-state index contributed by atoms with van der Waals surface area (Å²) in [5.41, 5.74) is 0.649. The third kappa shape index (κ3) is 3.52. The van der Waals surface area contributed by atoms with Crippen molar-refractivity contribution >= 4 is 28.5 Å². The Balaban J connectivity index is 1.83. The summed E-state index contributed by atoms with van der Waals surface area (Å²) in [7, 11) is 0. The van der Waals surface area contributed by atoms with Crippen LogP contribution >= 0.6 is 22.6 Å². The molecule has 2 rings (SSSR count). The van der Waals surface area contributed by atoms with E-state index >= 15 is 0 Å². The van der Waals surface area contributed by atoms with Crippen molar-refractivity contribution in [3.8, 4) is 0 Å². The lowest BCUT2D eigenvalue weighted by Gasteiger charge is -2.03. The van der Waals surface area contributed by atoms with Gasteiger partial charge in [0.15, 0.2) is 6.33 Å². The van der Waals surface area contributed by atoms with Gasteiger partial charge in [-0.3, -0.25) is 4.79 Å². The predicted octanol–water partition coefficient (Wildman–Crippen LogP) is 1.65. The van der Waals surface area contributed by atoms with Crippen molar-refractivity contribution in [1.82, 2.24) is 15.5 Å². The first-order chi connectivity index (χ1) is 8.25. The van der Waals surface area contributed by atoms with Gasteiger partial charge in [-0.25, -0.2) is 0 Å². The summed E-state index contributed by atoms with van der Waals surface area (Å²) >= 11 is 2.20. The Morgan fingerprint density at radius 1 is 1.35 bits per heavy atom. The highest BCUT2D eigenvalue weighted by molar-refractivity contribution is 14.1. The van der Waals surface area contributed by atoms with E-state index in [1.807, 2.05) is 12.1 Å². The minimum atomic E-state index is -0.0964. The van der Waals surface area contributed by atoms with E-state index in [0.29, 0.717) is 24.4 Å². The van der Waals surface area contributed by atoms with Crippen LogP contribution in [0.25, 0.3) is 0 Å². The van der Waals surface area contributed by atoms with Crippen LogP contribution in [0.4, 0.5) is 0 Å². The molecule has 0 aliphatic heterocycles. The number of halogens is 1. The Morgan fingerprint density at radius 3 is 2.76 bits per heavy atom. The first-order valence-corrected chi connectivity index (χ1v) is 6.13. The number of amides is 1. The SMILES string of the molecule is O=C(NCCc1ncno1)c1ccc(I)cc1. The molecule has 2 aromatic rings. The van der Waals surface area contributed by atoms with Crippen LogP contribution in [0.3, 0.4) is 0 Å². The molecule has 0 atom stereocenters. The Hall–Kier alpha value is -1.44. The maximum atomic E-state index is 11.7. The molecule has 1 N–H and O–H groups in total. The zero-order valence-corrected chi connectivity index (χ0v) is 11.0. The van der Waals surface area contributed by atoms with Crippen LogP contribution in [-0.2, 0) is 6.42 Å². The molecular formula is C11H10IN3O2. The molecule has 1 amide bonds. The lowest BCUT2D eigenvalue weighted by Crippen LogP contribution is -2.25. The van der Waals surface area contributed by atoms with Crippen LogP contribution in [0.1, 0.15) is 16.2 Å². The molecule has 17 heavy (non-hydrogen) atoms. The third-order valence-corrected chi connectivity index (χ3v) is 2.86. The van der Waals surface area contributed by atoms with E-state index < -0.39 is 0 Å². The summed E-state index contributed by atoms with van der Waals surface area (Å²) in [6.07, 6.45) is 1.88. The molecule has 1 heterocycles. The fourth-order valence-electron chi connectivity index (χ4n) is 1.29. The molecule has 0 saturated carbocycles. The van der Waals surface area contributed by atoms with Crippen molar-refractivity contribution in [3.05, 3.63) is 45.6 Å². The Kier molecular flexibility index (Phi) is 4.08. The topological polar surface area (TPSA) is 68.0 Å². The second-order valence-electron chi connectivity index (χ2n) is 3.35. The second kappa shape index (κ2) is 5.76. The summed E-state index contributed by atoms with van der Waals surface area (Å²) in [6.45, 7) is 0.479. The lowest BCUT2D eigenvalue weighted by atomic mass is 10.2. The number of nitrogens with zero attached hydrogens (tertiary/aromatic N) is 2. The molecule has 0 radical (unpaired) electrons. The number of aromatic nitrogens is 2. The van der Waals surface area contributed by atoms with Gasteiger partial charge in [-0.05, 0) is 46.9 Å². The van der Waals surface area contributed by atoms with Gasteiger partial charge >= 0.3 is 0 Å². The standard InChI is InChI=1S/C11H10IN3O2/c12-9-3-1-8(2-4-9)11(16)13-6-5-10-14-7-15-17-10/h1-4,7H,5-6H2,(H,13,16). The van der Waals surface area contributed by atoms with Crippen molar-refractivity contribution in [2.24, 2.45) is 0 Å². The van der Waals surface area contributed by atoms with E-state index in [1.165, 1.54) is 6.33 Å². The molecule has 0 saturated heterocycles. The van der Waals surface area contributed by atoms with Gasteiger partial charge in [0.2, 0.25) is 5.89 Å². The highest BCUT2D eigenvalue weighted by Crippen LogP contribution is 2.06. The van der Waals surface area contributed by atoms with Gasteiger partial charge in [-0.2, -0.15) is 4.98 Å². The molecule has 0 bridgehead atoms. The summed E-state index contributed by atoms with van der Waals surface area (Å²) in [4.78, 5) is 15.6. The van der Waals surface area contributed by atoms with Gasteiger partial charge in [-0.1, -0.05) is 5.16 Å². The van der Waals surface area contributed by atoms with Gasteiger partial charge in [-0.15, -0.1) is 0 Å². The van der Waals surface area contributed by atoms with E-state index in [4.69, 9.17) is 4.52 Å². The van der Waals surface area contributed by atoms with Gasteiger partial charge in [0.1, 0.15) is 0 Å². The smallest absolute Gasteiger partial charge is 0.251 e. The van der Waals surface area contributed by atoms with E-state index in [0.717, 1.165) is 3.57 Å². The van der Waals surface area contributed by atoms with Crippen LogP contribution < -0.4 is 5.32 Å². The van der Waals surface area contributed by atoms with Crippen LogP contribution in [-0.4, -0.2) is 22.6 Å². The van der Waals surface area contributed by atoms with E-state index in [9.17, 15) is 4.79 Å². The number of carbonyl (C=O) groups is 1. The average molecular weight is 343 g/mol. The van der Waals surface area contributed by atoms with Gasteiger partial charge in [0.05, 0.1) is 0 Å². The monoisotopic (exact) mass is 343 g/mol. The molecule has 88 valence electrons. The van der Waals surface area contributed by atoms with Crippen molar-refractivity contribution in [2.45, 2.75) is 6.42 Å². The van der Waals surface area contributed by atoms with Crippen molar-refractivity contribution in [2.75, 3.05) is 6.54 Å². The van der Waals surface area contributed by atoms with Crippen molar-refractivity contribution < 1.29 is 9.32 Å². The Morgan fingerprint density at radius 2 is 2.12 bits per heavy atom. The first-order valence-electron chi connectivity index (χ1n) is 5.05. The highest BCUT2D eigenvalue weighted by atomic mass is 127. The van der Waals surface area contributed by atoms with Crippen LogP contribution in [0.15, 0.2) is 35.1 Å². The fourth-order valence-corrected chi connectivity index (χ4v) is 1.65. The molecular weight excluding hydrogens is 333 g/mol. The quantitative estimate of drug-likeness (QED) is 0.858. The Bertz CT molecular complexity index is 482. The van der Waals surface area contributed by atoms with E-state index in [-0.39, 0.29) is 5.91 Å². The molecule has 0 aliphatic carbocycles. The number of nitrogens with one attached hydrogen (secondary N) is 1. The number of benzene rings is 1. The van der Waals surface area contributed by atoms with Crippen LogP contribution in [0.5, 0.6) is 0 Å². The molecule has 0 spiro atoms. The molecule has 0 fully saturated rings. The predicted molar refractivity (Wildman–Crippen MR) is 69.5 cm³/mol. The third-order valence-electron chi connectivity index (χ3n) is 2.14. The van der Waals surface area contributed by atoms with Crippen LogP contribution in [0.2, 0.25) is 0 Å². The first kappa shape index (κ1) is 12.0.